The van der Waals surface area contributed by atoms with E-state index >= 15 is 0 Å². The van der Waals surface area contributed by atoms with E-state index in [1.807, 2.05) is 6.07 Å². The van der Waals surface area contributed by atoms with E-state index in [1.54, 1.807) is 37.9 Å². The predicted molar refractivity (Wildman–Crippen MR) is 73.1 cm³/mol. The Morgan fingerprint density at radius 3 is 2.84 bits per heavy atom. The Hall–Kier alpha value is -1.99. The fourth-order valence-electron chi connectivity index (χ4n) is 1.75. The van der Waals surface area contributed by atoms with Gasteiger partial charge in [-0.25, -0.2) is 0 Å². The van der Waals surface area contributed by atoms with Crippen molar-refractivity contribution in [3.8, 4) is 17.6 Å². The fraction of sp³-hybridized carbons (Fsp3) is 0.400. The van der Waals surface area contributed by atoms with Gasteiger partial charge in [-0.15, -0.1) is 0 Å². The molecular formula is C15H17NO3. The third kappa shape index (κ3) is 3.27. The molecule has 1 aromatic rings. The summed E-state index contributed by atoms with van der Waals surface area (Å²) in [5, 5.41) is 9.59. The summed E-state index contributed by atoms with van der Waals surface area (Å²) in [6, 6.07) is 5.43. The molecule has 1 heterocycles. The first-order valence-electron chi connectivity index (χ1n) is 6.16. The highest BCUT2D eigenvalue weighted by molar-refractivity contribution is 5.95. The predicted octanol–water partition coefficient (Wildman–Crippen LogP) is 1.55. The van der Waals surface area contributed by atoms with Gasteiger partial charge < -0.3 is 14.7 Å². The van der Waals surface area contributed by atoms with E-state index in [4.69, 9.17) is 4.74 Å². The van der Waals surface area contributed by atoms with E-state index in [-0.39, 0.29) is 5.91 Å². The number of anilines is 1. The van der Waals surface area contributed by atoms with Crippen molar-refractivity contribution in [1.82, 2.24) is 0 Å². The van der Waals surface area contributed by atoms with Gasteiger partial charge in [0.2, 0.25) is 5.91 Å². The fourth-order valence-corrected chi connectivity index (χ4v) is 1.75. The van der Waals surface area contributed by atoms with Gasteiger partial charge in [0.05, 0.1) is 18.7 Å². The van der Waals surface area contributed by atoms with Crippen molar-refractivity contribution < 1.29 is 14.6 Å². The molecule has 19 heavy (non-hydrogen) atoms. The first-order chi connectivity index (χ1) is 8.87. The molecule has 4 heteroatoms. The van der Waals surface area contributed by atoms with Gasteiger partial charge in [0, 0.05) is 12.6 Å². The van der Waals surface area contributed by atoms with Crippen molar-refractivity contribution in [2.45, 2.75) is 25.9 Å². The SMILES string of the molecule is CN1C(=O)CCOc2ccc(C#CC(C)(C)O)cc21. The summed E-state index contributed by atoms with van der Waals surface area (Å²) in [4.78, 5) is 13.4. The van der Waals surface area contributed by atoms with Gasteiger partial charge >= 0.3 is 0 Å². The second-order valence-corrected chi connectivity index (χ2v) is 5.04. The number of fused-ring (bicyclic) bond motifs is 1. The Balaban J connectivity index is 2.39. The number of nitrogens with zero attached hydrogens (tertiary/aromatic N) is 1. The van der Waals surface area contributed by atoms with E-state index < -0.39 is 5.60 Å². The van der Waals surface area contributed by atoms with Crippen LogP contribution >= 0.6 is 0 Å². The highest BCUT2D eigenvalue weighted by Gasteiger charge is 2.19. The average molecular weight is 259 g/mol. The number of hydrogen-bond donors (Lipinski definition) is 1. The lowest BCUT2D eigenvalue weighted by Gasteiger charge is -2.16. The number of amides is 1. The van der Waals surface area contributed by atoms with Crippen LogP contribution in [0.4, 0.5) is 5.69 Å². The molecule has 0 saturated carbocycles. The normalized spacial score (nSPS) is 14.9. The Labute approximate surface area is 113 Å². The van der Waals surface area contributed by atoms with Crippen LogP contribution in [-0.4, -0.2) is 30.3 Å². The van der Waals surface area contributed by atoms with Gasteiger partial charge in [-0.2, -0.15) is 0 Å². The molecule has 1 aromatic carbocycles. The summed E-state index contributed by atoms with van der Waals surface area (Å²) in [6.07, 6.45) is 0.371. The molecule has 1 N–H and O–H groups in total. The summed E-state index contributed by atoms with van der Waals surface area (Å²) in [5.74, 6) is 6.35. The number of aliphatic hydroxyl groups is 1. The molecule has 1 amide bonds. The van der Waals surface area contributed by atoms with Crippen LogP contribution in [0.3, 0.4) is 0 Å². The monoisotopic (exact) mass is 259 g/mol. The lowest BCUT2D eigenvalue weighted by Crippen LogP contribution is -2.25. The molecular weight excluding hydrogens is 242 g/mol. The van der Waals surface area contributed by atoms with E-state index in [1.165, 1.54) is 0 Å². The molecule has 4 nitrogen and oxygen atoms in total. The van der Waals surface area contributed by atoms with Crippen LogP contribution in [0.5, 0.6) is 5.75 Å². The van der Waals surface area contributed by atoms with Gasteiger partial charge in [0.1, 0.15) is 11.4 Å². The smallest absolute Gasteiger partial charge is 0.230 e. The third-order valence-corrected chi connectivity index (χ3v) is 2.78. The Morgan fingerprint density at radius 2 is 2.16 bits per heavy atom. The van der Waals surface area contributed by atoms with Crippen LogP contribution < -0.4 is 9.64 Å². The van der Waals surface area contributed by atoms with Crippen molar-refractivity contribution in [1.29, 1.82) is 0 Å². The number of carbonyl (C=O) groups excluding carboxylic acids is 1. The highest BCUT2D eigenvalue weighted by Crippen LogP contribution is 2.31. The number of benzene rings is 1. The van der Waals surface area contributed by atoms with Gasteiger partial charge in [-0.3, -0.25) is 4.79 Å². The molecule has 100 valence electrons. The summed E-state index contributed by atoms with van der Waals surface area (Å²) in [6.45, 7) is 3.65. The molecule has 1 aliphatic rings. The highest BCUT2D eigenvalue weighted by atomic mass is 16.5. The number of carbonyl (C=O) groups is 1. The van der Waals surface area contributed by atoms with Crippen LogP contribution in [0.1, 0.15) is 25.8 Å². The molecule has 0 spiro atoms. The number of rotatable bonds is 0. The van der Waals surface area contributed by atoms with Gasteiger partial charge in [-0.05, 0) is 32.0 Å². The summed E-state index contributed by atoms with van der Waals surface area (Å²) < 4.78 is 5.53. The maximum absolute atomic E-state index is 11.8. The van der Waals surface area contributed by atoms with Crippen LogP contribution in [0.2, 0.25) is 0 Å². The van der Waals surface area contributed by atoms with Crippen molar-refractivity contribution in [2.24, 2.45) is 0 Å². The number of hydrogen-bond acceptors (Lipinski definition) is 3. The molecule has 0 fully saturated rings. The second kappa shape index (κ2) is 4.94. The Kier molecular flexibility index (Phi) is 3.50. The van der Waals surface area contributed by atoms with Crippen molar-refractivity contribution in [3.05, 3.63) is 23.8 Å². The maximum atomic E-state index is 11.8. The van der Waals surface area contributed by atoms with Crippen LogP contribution in [-0.2, 0) is 4.79 Å². The third-order valence-electron chi connectivity index (χ3n) is 2.78. The van der Waals surface area contributed by atoms with E-state index in [2.05, 4.69) is 11.8 Å². The molecule has 0 radical (unpaired) electrons. The average Bonchev–Trinajstić information content (AvgIpc) is 2.47. The van der Waals surface area contributed by atoms with Gasteiger partial charge in [0.15, 0.2) is 0 Å². The molecule has 0 aliphatic carbocycles. The number of ether oxygens (including phenoxy) is 1. The molecule has 0 aromatic heterocycles. The first-order valence-corrected chi connectivity index (χ1v) is 6.16. The topological polar surface area (TPSA) is 49.8 Å². The van der Waals surface area contributed by atoms with E-state index in [0.717, 1.165) is 5.56 Å². The van der Waals surface area contributed by atoms with Crippen molar-refractivity contribution in [2.75, 3.05) is 18.6 Å². The summed E-state index contributed by atoms with van der Waals surface area (Å²) >= 11 is 0. The quantitative estimate of drug-likeness (QED) is 0.719. The Bertz CT molecular complexity index is 561. The van der Waals surface area contributed by atoms with Gasteiger partial charge in [0.25, 0.3) is 0 Å². The Morgan fingerprint density at radius 1 is 1.42 bits per heavy atom. The zero-order valence-corrected chi connectivity index (χ0v) is 11.4. The first kappa shape index (κ1) is 13.4. The minimum atomic E-state index is -1.04. The van der Waals surface area contributed by atoms with E-state index in [0.29, 0.717) is 24.5 Å². The van der Waals surface area contributed by atoms with Crippen LogP contribution in [0.25, 0.3) is 0 Å². The maximum Gasteiger partial charge on any atom is 0.230 e. The molecule has 0 bridgehead atoms. The van der Waals surface area contributed by atoms with Crippen molar-refractivity contribution >= 4 is 11.6 Å². The van der Waals surface area contributed by atoms with Crippen molar-refractivity contribution in [3.63, 3.8) is 0 Å². The molecule has 1 aliphatic heterocycles. The molecule has 0 atom stereocenters. The van der Waals surface area contributed by atoms with Crippen LogP contribution in [0, 0.1) is 11.8 Å². The minimum absolute atomic E-state index is 0.0198. The largest absolute Gasteiger partial charge is 0.491 e. The molecule has 0 saturated heterocycles. The second-order valence-electron chi connectivity index (χ2n) is 5.04. The lowest BCUT2D eigenvalue weighted by molar-refractivity contribution is -0.118. The standard InChI is InChI=1S/C15H17NO3/c1-15(2,18)8-6-11-4-5-13-12(10-11)16(3)14(17)7-9-19-13/h4-5,10,18H,7,9H2,1-3H3. The summed E-state index contributed by atoms with van der Waals surface area (Å²) in [5.41, 5.74) is 0.418. The zero-order chi connectivity index (χ0) is 14.0. The minimum Gasteiger partial charge on any atom is -0.491 e. The zero-order valence-electron chi connectivity index (χ0n) is 11.4. The van der Waals surface area contributed by atoms with E-state index in [9.17, 15) is 9.90 Å². The van der Waals surface area contributed by atoms with Gasteiger partial charge in [-0.1, -0.05) is 11.8 Å². The summed E-state index contributed by atoms with van der Waals surface area (Å²) in [7, 11) is 1.73. The lowest BCUT2D eigenvalue weighted by atomic mass is 10.1. The van der Waals surface area contributed by atoms with Crippen LogP contribution in [0.15, 0.2) is 18.2 Å². The molecule has 2 rings (SSSR count). The molecule has 0 unspecified atom stereocenters.